The molecule has 0 bridgehead atoms. The summed E-state index contributed by atoms with van der Waals surface area (Å²) < 4.78 is 0. The van der Waals surface area contributed by atoms with Crippen LogP contribution in [0.1, 0.15) is 27.2 Å². The van der Waals surface area contributed by atoms with E-state index in [1.807, 2.05) is 6.92 Å². The Labute approximate surface area is 63.0 Å². The molecule has 0 aromatic carbocycles. The van der Waals surface area contributed by atoms with E-state index < -0.39 is 0 Å². The quantitative estimate of drug-likeness (QED) is 0.636. The van der Waals surface area contributed by atoms with Gasteiger partial charge in [0.15, 0.2) is 0 Å². The zero-order valence-electron chi connectivity index (χ0n) is 7.27. The maximum atomic E-state index is 10.9. The topological polar surface area (TPSA) is 29.1 Å². The normalized spacial score (nSPS) is 13.3. The third-order valence-corrected chi connectivity index (χ3v) is 1.52. The minimum absolute atomic E-state index is 0.147. The third-order valence-electron chi connectivity index (χ3n) is 1.52. The van der Waals surface area contributed by atoms with E-state index in [4.69, 9.17) is 0 Å². The molecule has 0 aliphatic carbocycles. The van der Waals surface area contributed by atoms with E-state index in [2.05, 4.69) is 19.2 Å². The molecule has 0 spiro atoms. The molecule has 1 amide bonds. The molecule has 0 rings (SSSR count). The molecule has 1 atom stereocenters. The first-order valence-corrected chi connectivity index (χ1v) is 3.79. The molecule has 0 saturated heterocycles. The Balaban J connectivity index is 3.61. The average molecular weight is 143 g/mol. The molecule has 0 saturated carbocycles. The zero-order valence-corrected chi connectivity index (χ0v) is 7.27. The standard InChI is InChI=1S/C8H17NO/c1-6(2)5-7(3)8(10)9-4/h6-7H,5H2,1-4H3,(H,9,10)/t7-/m0/s1. The molecule has 0 unspecified atom stereocenters. The Morgan fingerprint density at radius 2 is 1.90 bits per heavy atom. The molecular formula is C8H17NO. The highest BCUT2D eigenvalue weighted by Crippen LogP contribution is 2.09. The van der Waals surface area contributed by atoms with Gasteiger partial charge in [0.2, 0.25) is 5.91 Å². The molecule has 0 heterocycles. The Bertz CT molecular complexity index is 110. The van der Waals surface area contributed by atoms with Crippen LogP contribution < -0.4 is 5.32 Å². The first-order chi connectivity index (χ1) is 4.57. The molecule has 0 aromatic rings. The summed E-state index contributed by atoms with van der Waals surface area (Å²) in [5.74, 6) is 0.908. The van der Waals surface area contributed by atoms with Gasteiger partial charge in [-0.25, -0.2) is 0 Å². The van der Waals surface area contributed by atoms with Crippen LogP contribution in [-0.2, 0) is 4.79 Å². The van der Waals surface area contributed by atoms with Crippen LogP contribution in [0.25, 0.3) is 0 Å². The molecule has 1 N–H and O–H groups in total. The highest BCUT2D eigenvalue weighted by molar-refractivity contribution is 5.77. The molecule has 60 valence electrons. The molecular weight excluding hydrogens is 126 g/mol. The van der Waals surface area contributed by atoms with Gasteiger partial charge in [-0.15, -0.1) is 0 Å². The van der Waals surface area contributed by atoms with Crippen molar-refractivity contribution in [3.63, 3.8) is 0 Å². The summed E-state index contributed by atoms with van der Waals surface area (Å²) in [5.41, 5.74) is 0. The number of amides is 1. The lowest BCUT2D eigenvalue weighted by Crippen LogP contribution is -2.26. The van der Waals surface area contributed by atoms with Crippen molar-refractivity contribution in [2.75, 3.05) is 7.05 Å². The molecule has 2 heteroatoms. The van der Waals surface area contributed by atoms with Crippen LogP contribution in [0.5, 0.6) is 0 Å². The number of hydrogen-bond acceptors (Lipinski definition) is 1. The highest BCUT2D eigenvalue weighted by atomic mass is 16.1. The van der Waals surface area contributed by atoms with Gasteiger partial charge in [0, 0.05) is 13.0 Å². The molecule has 0 fully saturated rings. The summed E-state index contributed by atoms with van der Waals surface area (Å²) in [4.78, 5) is 10.9. The summed E-state index contributed by atoms with van der Waals surface area (Å²) in [7, 11) is 1.68. The lowest BCUT2D eigenvalue weighted by molar-refractivity contribution is -0.124. The van der Waals surface area contributed by atoms with Gasteiger partial charge in [0.25, 0.3) is 0 Å². The maximum absolute atomic E-state index is 10.9. The Morgan fingerprint density at radius 1 is 1.40 bits per heavy atom. The molecule has 10 heavy (non-hydrogen) atoms. The molecule has 0 radical (unpaired) electrons. The lowest BCUT2D eigenvalue weighted by atomic mass is 9.98. The van der Waals surface area contributed by atoms with Crippen molar-refractivity contribution in [2.24, 2.45) is 11.8 Å². The minimum atomic E-state index is 0.147. The Morgan fingerprint density at radius 3 is 2.20 bits per heavy atom. The molecule has 0 aliphatic heterocycles. The number of carbonyl (C=O) groups is 1. The summed E-state index contributed by atoms with van der Waals surface area (Å²) >= 11 is 0. The van der Waals surface area contributed by atoms with E-state index in [0.717, 1.165) is 6.42 Å². The van der Waals surface area contributed by atoms with Gasteiger partial charge < -0.3 is 5.32 Å². The van der Waals surface area contributed by atoms with Gasteiger partial charge in [-0.3, -0.25) is 4.79 Å². The summed E-state index contributed by atoms with van der Waals surface area (Å²) in [6, 6.07) is 0. The molecule has 0 aliphatic rings. The first-order valence-electron chi connectivity index (χ1n) is 3.79. The van der Waals surface area contributed by atoms with Gasteiger partial charge in [0.05, 0.1) is 0 Å². The monoisotopic (exact) mass is 143 g/mol. The van der Waals surface area contributed by atoms with Crippen LogP contribution >= 0.6 is 0 Å². The largest absolute Gasteiger partial charge is 0.359 e. The highest BCUT2D eigenvalue weighted by Gasteiger charge is 2.11. The SMILES string of the molecule is CNC(=O)[C@@H](C)CC(C)C. The van der Waals surface area contributed by atoms with Crippen LogP contribution in [0.15, 0.2) is 0 Å². The minimum Gasteiger partial charge on any atom is -0.359 e. The second-order valence-electron chi connectivity index (χ2n) is 3.14. The van der Waals surface area contributed by atoms with E-state index in [-0.39, 0.29) is 11.8 Å². The predicted molar refractivity (Wildman–Crippen MR) is 42.7 cm³/mol. The second kappa shape index (κ2) is 4.31. The van der Waals surface area contributed by atoms with Crippen LogP contribution in [-0.4, -0.2) is 13.0 Å². The van der Waals surface area contributed by atoms with E-state index in [9.17, 15) is 4.79 Å². The third kappa shape index (κ3) is 3.49. The first kappa shape index (κ1) is 9.47. The van der Waals surface area contributed by atoms with Gasteiger partial charge in [-0.05, 0) is 12.3 Å². The van der Waals surface area contributed by atoms with Crippen LogP contribution in [0.4, 0.5) is 0 Å². The van der Waals surface area contributed by atoms with E-state index >= 15 is 0 Å². The summed E-state index contributed by atoms with van der Waals surface area (Å²) in [6.45, 7) is 6.21. The smallest absolute Gasteiger partial charge is 0.222 e. The Kier molecular flexibility index (Phi) is 4.08. The second-order valence-corrected chi connectivity index (χ2v) is 3.14. The van der Waals surface area contributed by atoms with Crippen LogP contribution in [0, 0.1) is 11.8 Å². The predicted octanol–water partition coefficient (Wildman–Crippen LogP) is 1.41. The van der Waals surface area contributed by atoms with Crippen molar-refractivity contribution in [1.82, 2.24) is 5.32 Å². The number of hydrogen-bond donors (Lipinski definition) is 1. The van der Waals surface area contributed by atoms with Crippen molar-refractivity contribution < 1.29 is 4.79 Å². The van der Waals surface area contributed by atoms with Crippen LogP contribution in [0.2, 0.25) is 0 Å². The maximum Gasteiger partial charge on any atom is 0.222 e. The number of nitrogens with one attached hydrogen (secondary N) is 1. The average Bonchev–Trinajstić information content (AvgIpc) is 1.85. The number of rotatable bonds is 3. The van der Waals surface area contributed by atoms with Gasteiger partial charge in [0.1, 0.15) is 0 Å². The van der Waals surface area contributed by atoms with Crippen molar-refractivity contribution in [2.45, 2.75) is 27.2 Å². The van der Waals surface area contributed by atoms with E-state index in [0.29, 0.717) is 5.92 Å². The van der Waals surface area contributed by atoms with Crippen molar-refractivity contribution in [1.29, 1.82) is 0 Å². The van der Waals surface area contributed by atoms with Gasteiger partial charge in [-0.1, -0.05) is 20.8 Å². The fourth-order valence-electron chi connectivity index (χ4n) is 1.06. The van der Waals surface area contributed by atoms with Crippen molar-refractivity contribution in [3.8, 4) is 0 Å². The summed E-state index contributed by atoms with van der Waals surface area (Å²) in [5, 5.41) is 2.63. The van der Waals surface area contributed by atoms with Gasteiger partial charge >= 0.3 is 0 Å². The van der Waals surface area contributed by atoms with Crippen LogP contribution in [0.3, 0.4) is 0 Å². The Hall–Kier alpha value is -0.530. The van der Waals surface area contributed by atoms with Crippen molar-refractivity contribution in [3.05, 3.63) is 0 Å². The summed E-state index contributed by atoms with van der Waals surface area (Å²) in [6.07, 6.45) is 0.972. The fraction of sp³-hybridized carbons (Fsp3) is 0.875. The zero-order chi connectivity index (χ0) is 8.15. The van der Waals surface area contributed by atoms with E-state index in [1.54, 1.807) is 7.05 Å². The van der Waals surface area contributed by atoms with E-state index in [1.165, 1.54) is 0 Å². The lowest BCUT2D eigenvalue weighted by Gasteiger charge is -2.11. The molecule has 2 nitrogen and oxygen atoms in total. The molecule has 0 aromatic heterocycles. The van der Waals surface area contributed by atoms with Crippen molar-refractivity contribution >= 4 is 5.91 Å². The van der Waals surface area contributed by atoms with Gasteiger partial charge in [-0.2, -0.15) is 0 Å². The fourth-order valence-corrected chi connectivity index (χ4v) is 1.06. The number of carbonyl (C=O) groups excluding carboxylic acids is 1.